The van der Waals surface area contributed by atoms with Crippen LogP contribution < -0.4 is 15.5 Å². The van der Waals surface area contributed by atoms with Gasteiger partial charge in [0.2, 0.25) is 0 Å². The number of hydrazone groups is 1. The smallest absolute Gasteiger partial charge is 0.154 e. The summed E-state index contributed by atoms with van der Waals surface area (Å²) in [6.07, 6.45) is 8.31. The minimum atomic E-state index is -0.979. The predicted molar refractivity (Wildman–Crippen MR) is 117 cm³/mol. The van der Waals surface area contributed by atoms with Crippen LogP contribution in [0.3, 0.4) is 0 Å². The quantitative estimate of drug-likeness (QED) is 0.573. The van der Waals surface area contributed by atoms with Crippen molar-refractivity contribution in [1.82, 2.24) is 15.6 Å². The lowest BCUT2D eigenvalue weighted by Crippen LogP contribution is -2.49. The van der Waals surface area contributed by atoms with Crippen molar-refractivity contribution in [2.24, 2.45) is 5.10 Å². The summed E-state index contributed by atoms with van der Waals surface area (Å²) in [6.45, 7) is 1.70. The van der Waals surface area contributed by atoms with E-state index in [0.717, 1.165) is 34.8 Å². The summed E-state index contributed by atoms with van der Waals surface area (Å²) in [4.78, 5) is 2.19. The molecule has 0 aromatic heterocycles. The summed E-state index contributed by atoms with van der Waals surface area (Å²) >= 11 is 6.24. The van der Waals surface area contributed by atoms with E-state index in [9.17, 15) is 10.2 Å². The van der Waals surface area contributed by atoms with Gasteiger partial charge in [0, 0.05) is 30.8 Å². The second kappa shape index (κ2) is 8.71. The normalized spacial score (nSPS) is 20.2. The molecule has 0 spiro atoms. The number of hydrogen-bond donors (Lipinski definition) is 4. The summed E-state index contributed by atoms with van der Waals surface area (Å²) in [5.74, 6) is 2.38. The lowest BCUT2D eigenvalue weighted by Gasteiger charge is -2.40. The molecule has 0 radical (unpaired) electrons. The van der Waals surface area contributed by atoms with Gasteiger partial charge in [0.25, 0.3) is 0 Å². The number of rotatable bonds is 5. The molecule has 30 heavy (non-hydrogen) atoms. The summed E-state index contributed by atoms with van der Waals surface area (Å²) in [6, 6.07) is 5.72. The van der Waals surface area contributed by atoms with Crippen molar-refractivity contribution in [3.05, 3.63) is 64.0 Å². The van der Waals surface area contributed by atoms with Crippen molar-refractivity contribution in [3.63, 3.8) is 0 Å². The van der Waals surface area contributed by atoms with Crippen LogP contribution in [-0.2, 0) is 6.54 Å². The van der Waals surface area contributed by atoms with Crippen LogP contribution in [-0.4, -0.2) is 53.4 Å². The van der Waals surface area contributed by atoms with Crippen LogP contribution in [0.5, 0.6) is 5.75 Å². The number of amidine groups is 1. The van der Waals surface area contributed by atoms with Crippen LogP contribution in [0.4, 0.5) is 0 Å². The first-order valence-electron chi connectivity index (χ1n) is 10.1. The first-order chi connectivity index (χ1) is 14.5. The molecule has 0 saturated carbocycles. The molecule has 0 atom stereocenters. The summed E-state index contributed by atoms with van der Waals surface area (Å²) < 4.78 is 5.21. The van der Waals surface area contributed by atoms with Crippen LogP contribution in [0.1, 0.15) is 24.8 Å². The number of ether oxygens (including phenoxy) is 1. The van der Waals surface area contributed by atoms with E-state index in [2.05, 4.69) is 39.0 Å². The number of fused-ring (bicyclic) bond motifs is 1. The molecule has 2 aliphatic heterocycles. The molecule has 0 unspecified atom stereocenters. The molecular formula is C22H27ClN4O3. The summed E-state index contributed by atoms with van der Waals surface area (Å²) in [5, 5.41) is 28.3. The third kappa shape index (κ3) is 4.19. The van der Waals surface area contributed by atoms with Gasteiger partial charge in [-0.05, 0) is 37.0 Å². The molecular weight excluding hydrogens is 404 g/mol. The van der Waals surface area contributed by atoms with Crippen LogP contribution in [0.2, 0.25) is 5.02 Å². The van der Waals surface area contributed by atoms with Gasteiger partial charge < -0.3 is 25.2 Å². The summed E-state index contributed by atoms with van der Waals surface area (Å²) in [7, 11) is 1.60. The number of benzene rings is 1. The predicted octanol–water partition coefficient (Wildman–Crippen LogP) is 2.27. The van der Waals surface area contributed by atoms with Crippen molar-refractivity contribution in [1.29, 1.82) is 0 Å². The maximum Gasteiger partial charge on any atom is 0.154 e. The zero-order valence-electron chi connectivity index (χ0n) is 17.0. The highest BCUT2D eigenvalue weighted by molar-refractivity contribution is 6.32. The lowest BCUT2D eigenvalue weighted by molar-refractivity contribution is -0.0553. The topological polar surface area (TPSA) is 89.4 Å². The zero-order chi connectivity index (χ0) is 21.1. The molecule has 1 saturated heterocycles. The molecule has 2 heterocycles. The van der Waals surface area contributed by atoms with Crippen LogP contribution >= 0.6 is 11.6 Å². The Bertz CT molecular complexity index is 930. The van der Waals surface area contributed by atoms with E-state index < -0.39 is 5.60 Å². The fraction of sp³-hybridized carbons (Fsp3) is 0.409. The van der Waals surface area contributed by atoms with Crippen molar-refractivity contribution in [3.8, 4) is 5.75 Å². The highest BCUT2D eigenvalue weighted by atomic mass is 35.5. The number of aliphatic hydroxyl groups is 2. The molecule has 4 N–H and O–H groups in total. The Hall–Kier alpha value is -2.48. The number of nitrogens with one attached hydrogen (secondary N) is 2. The minimum Gasteiger partial charge on any atom is -0.495 e. The molecule has 0 bridgehead atoms. The average molecular weight is 431 g/mol. The van der Waals surface area contributed by atoms with Crippen LogP contribution in [0.15, 0.2) is 58.5 Å². The maximum atomic E-state index is 10.3. The second-order valence-electron chi connectivity index (χ2n) is 7.78. The maximum absolute atomic E-state index is 10.3. The highest BCUT2D eigenvalue weighted by Crippen LogP contribution is 2.30. The minimum absolute atomic E-state index is 0.202. The standard InChI is InChI=1S/C22H27ClN4O3/c1-30-19-7-6-15(12-18(19)23)13-24-20-16-4-2-3-5-17(16)21(26-25-20)27-10-8-22(29,14-28)9-11-27/h3-7,12,26,28-29H,2,8-11,13-14H2,1H3,(H,24,25). The van der Waals surface area contributed by atoms with E-state index in [1.54, 1.807) is 7.11 Å². The monoisotopic (exact) mass is 430 g/mol. The van der Waals surface area contributed by atoms with Crippen molar-refractivity contribution in [2.45, 2.75) is 31.4 Å². The molecule has 3 aliphatic rings. The lowest BCUT2D eigenvalue weighted by atomic mass is 9.91. The number of hydrogen-bond acceptors (Lipinski definition) is 7. The first-order valence-corrected chi connectivity index (χ1v) is 10.5. The van der Waals surface area contributed by atoms with E-state index in [1.165, 1.54) is 0 Å². The van der Waals surface area contributed by atoms with Gasteiger partial charge in [-0.1, -0.05) is 35.9 Å². The zero-order valence-corrected chi connectivity index (χ0v) is 17.7. The molecule has 7 nitrogen and oxygen atoms in total. The van der Waals surface area contributed by atoms with Crippen molar-refractivity contribution >= 4 is 17.4 Å². The van der Waals surface area contributed by atoms with Gasteiger partial charge in [-0.15, -0.1) is 0 Å². The Balaban J connectivity index is 1.47. The first kappa shape index (κ1) is 20.8. The van der Waals surface area contributed by atoms with Crippen molar-refractivity contribution < 1.29 is 14.9 Å². The van der Waals surface area contributed by atoms with Gasteiger partial charge in [0.05, 0.1) is 24.3 Å². The Labute approximate surface area is 181 Å². The molecule has 1 aromatic rings. The average Bonchev–Trinajstić information content (AvgIpc) is 2.78. The largest absolute Gasteiger partial charge is 0.495 e. The van der Waals surface area contributed by atoms with E-state index >= 15 is 0 Å². The Kier molecular flexibility index (Phi) is 6.04. The second-order valence-corrected chi connectivity index (χ2v) is 8.19. The number of methoxy groups -OCH3 is 1. The third-order valence-corrected chi connectivity index (χ3v) is 6.09. The highest BCUT2D eigenvalue weighted by Gasteiger charge is 2.34. The van der Waals surface area contributed by atoms with Crippen LogP contribution in [0.25, 0.3) is 0 Å². The van der Waals surface area contributed by atoms with Gasteiger partial charge in [-0.25, -0.2) is 0 Å². The molecule has 1 fully saturated rings. The molecule has 8 heteroatoms. The van der Waals surface area contributed by atoms with Gasteiger partial charge >= 0.3 is 0 Å². The Morgan fingerprint density at radius 3 is 2.83 bits per heavy atom. The number of halogens is 1. The fourth-order valence-electron chi connectivity index (χ4n) is 3.92. The van der Waals surface area contributed by atoms with E-state index in [1.807, 2.05) is 18.2 Å². The number of nitrogens with zero attached hydrogens (tertiary/aromatic N) is 2. The molecule has 4 rings (SSSR count). The number of piperidine rings is 1. The Morgan fingerprint density at radius 1 is 1.33 bits per heavy atom. The molecule has 0 amide bonds. The summed E-state index contributed by atoms with van der Waals surface area (Å²) in [5.41, 5.74) is 5.40. The SMILES string of the molecule is COc1ccc(CNC2=NNC(N3CCC(O)(CO)CC3)=C3C=CCC=C23)cc1Cl. The number of allylic oxidation sites excluding steroid dienone is 3. The third-order valence-electron chi connectivity index (χ3n) is 5.80. The van der Waals surface area contributed by atoms with Gasteiger partial charge in [-0.3, -0.25) is 5.43 Å². The molecule has 160 valence electrons. The Morgan fingerprint density at radius 2 is 2.13 bits per heavy atom. The molecule has 1 aliphatic carbocycles. The molecule has 1 aromatic carbocycles. The van der Waals surface area contributed by atoms with Crippen molar-refractivity contribution in [2.75, 3.05) is 26.8 Å². The van der Waals surface area contributed by atoms with E-state index in [4.69, 9.17) is 16.3 Å². The number of aliphatic hydroxyl groups excluding tert-OH is 1. The van der Waals surface area contributed by atoms with Gasteiger partial charge in [0.15, 0.2) is 5.84 Å². The number of likely N-dealkylation sites (tertiary alicyclic amines) is 1. The van der Waals surface area contributed by atoms with Crippen LogP contribution in [0, 0.1) is 0 Å². The van der Waals surface area contributed by atoms with E-state index in [0.29, 0.717) is 43.2 Å². The van der Waals surface area contributed by atoms with Gasteiger partial charge in [0.1, 0.15) is 11.6 Å². The van der Waals surface area contributed by atoms with Gasteiger partial charge in [-0.2, -0.15) is 5.10 Å². The van der Waals surface area contributed by atoms with E-state index in [-0.39, 0.29) is 6.61 Å². The fourth-order valence-corrected chi connectivity index (χ4v) is 4.20.